The molecule has 0 saturated carbocycles. The number of halogens is 2. The summed E-state index contributed by atoms with van der Waals surface area (Å²) >= 11 is 8.84. The Kier molecular flexibility index (Phi) is 6.04. The van der Waals surface area contributed by atoms with Crippen LogP contribution in [0.15, 0.2) is 44.7 Å². The number of thiophene rings is 1. The molecule has 0 aliphatic heterocycles. The number of rotatable bonds is 6. The van der Waals surface area contributed by atoms with Gasteiger partial charge in [0.2, 0.25) is 0 Å². The maximum absolute atomic E-state index is 5.72. The van der Waals surface area contributed by atoms with Crippen LogP contribution in [0.25, 0.3) is 0 Å². The van der Waals surface area contributed by atoms with Crippen molar-refractivity contribution >= 4 is 43.2 Å². The number of nitrogens with zero attached hydrogens (tertiary/aromatic N) is 1. The van der Waals surface area contributed by atoms with Gasteiger partial charge in [-0.15, -0.1) is 11.3 Å². The summed E-state index contributed by atoms with van der Waals surface area (Å²) in [7, 11) is 0. The Labute approximate surface area is 134 Å². The molecule has 0 aliphatic rings. The first kappa shape index (κ1) is 15.2. The van der Waals surface area contributed by atoms with E-state index in [4.69, 9.17) is 5.73 Å². The molecule has 1 aromatic carbocycles. The quantitative estimate of drug-likeness (QED) is 0.781. The van der Waals surface area contributed by atoms with Crippen molar-refractivity contribution < 1.29 is 0 Å². The van der Waals surface area contributed by atoms with Crippen molar-refractivity contribution in [1.29, 1.82) is 0 Å². The van der Waals surface area contributed by atoms with Crippen LogP contribution in [0.3, 0.4) is 0 Å². The maximum Gasteiger partial charge on any atom is 0.0843 e. The number of benzene rings is 1. The summed E-state index contributed by atoms with van der Waals surface area (Å²) in [6, 6.07) is 12.7. The fourth-order valence-corrected chi connectivity index (χ4v) is 4.15. The first-order valence-corrected chi connectivity index (χ1v) is 8.49. The summed E-state index contributed by atoms with van der Waals surface area (Å²) < 4.78 is 2.27. The van der Waals surface area contributed by atoms with E-state index in [2.05, 4.69) is 67.1 Å². The molecule has 1 aromatic heterocycles. The molecular weight excluding hydrogens is 388 g/mol. The highest BCUT2D eigenvalue weighted by atomic mass is 79.9. The zero-order valence-corrected chi connectivity index (χ0v) is 14.5. The third kappa shape index (κ3) is 4.68. The summed E-state index contributed by atoms with van der Waals surface area (Å²) in [5, 5.41) is 0. The highest BCUT2D eigenvalue weighted by molar-refractivity contribution is 9.13. The molecule has 0 saturated heterocycles. The highest BCUT2D eigenvalue weighted by Crippen LogP contribution is 2.33. The van der Waals surface area contributed by atoms with Crippen LogP contribution in [0.5, 0.6) is 0 Å². The van der Waals surface area contributed by atoms with Gasteiger partial charge in [0.25, 0.3) is 0 Å². The van der Waals surface area contributed by atoms with Crippen LogP contribution in [-0.4, -0.2) is 18.0 Å². The largest absolute Gasteiger partial charge is 0.329 e. The summed E-state index contributed by atoms with van der Waals surface area (Å²) in [5.41, 5.74) is 7.04. The van der Waals surface area contributed by atoms with E-state index < -0.39 is 0 Å². The molecule has 2 N–H and O–H groups in total. The normalized spacial score (nSPS) is 11.2. The molecule has 0 spiro atoms. The van der Waals surface area contributed by atoms with Crippen LogP contribution in [0, 0.1) is 0 Å². The minimum atomic E-state index is 0.681. The van der Waals surface area contributed by atoms with E-state index in [0.29, 0.717) is 6.54 Å². The first-order valence-electron chi connectivity index (χ1n) is 6.09. The second kappa shape index (κ2) is 7.55. The second-order valence-electron chi connectivity index (χ2n) is 4.32. The van der Waals surface area contributed by atoms with E-state index in [-0.39, 0.29) is 0 Å². The Morgan fingerprint density at radius 3 is 2.42 bits per heavy atom. The lowest BCUT2D eigenvalue weighted by Crippen LogP contribution is -2.28. The van der Waals surface area contributed by atoms with Crippen LogP contribution < -0.4 is 5.73 Å². The molecule has 2 nitrogen and oxygen atoms in total. The van der Waals surface area contributed by atoms with Gasteiger partial charge in [-0.2, -0.15) is 0 Å². The van der Waals surface area contributed by atoms with Crippen LogP contribution in [0.4, 0.5) is 0 Å². The summed E-state index contributed by atoms with van der Waals surface area (Å²) in [6.07, 6.45) is 0. The van der Waals surface area contributed by atoms with Crippen LogP contribution in [0.2, 0.25) is 0 Å². The van der Waals surface area contributed by atoms with Crippen molar-refractivity contribution in [3.05, 3.63) is 55.1 Å². The molecular formula is C14H16Br2N2S. The van der Waals surface area contributed by atoms with Gasteiger partial charge in [0.15, 0.2) is 0 Å². The van der Waals surface area contributed by atoms with Gasteiger partial charge in [-0.3, -0.25) is 4.90 Å². The Bertz CT molecular complexity index is 494. The third-order valence-corrected chi connectivity index (χ3v) is 6.01. The number of hydrogen-bond acceptors (Lipinski definition) is 3. The first-order chi connectivity index (χ1) is 9.19. The van der Waals surface area contributed by atoms with Gasteiger partial charge in [0.1, 0.15) is 0 Å². The SMILES string of the molecule is NCCN(Cc1ccccc1)Cc1cc(Br)c(Br)s1. The van der Waals surface area contributed by atoms with E-state index in [1.54, 1.807) is 11.3 Å². The van der Waals surface area contributed by atoms with E-state index in [1.165, 1.54) is 10.4 Å². The molecule has 5 heteroatoms. The molecule has 0 unspecified atom stereocenters. The molecule has 0 atom stereocenters. The Morgan fingerprint density at radius 2 is 1.84 bits per heavy atom. The smallest absolute Gasteiger partial charge is 0.0843 e. The van der Waals surface area contributed by atoms with E-state index in [1.807, 2.05) is 6.07 Å². The number of nitrogens with two attached hydrogens (primary N) is 1. The zero-order valence-electron chi connectivity index (χ0n) is 10.5. The van der Waals surface area contributed by atoms with Crippen LogP contribution >= 0.6 is 43.2 Å². The van der Waals surface area contributed by atoms with Gasteiger partial charge in [-0.1, -0.05) is 30.3 Å². The summed E-state index contributed by atoms with van der Waals surface area (Å²) in [5.74, 6) is 0. The molecule has 19 heavy (non-hydrogen) atoms. The van der Waals surface area contributed by atoms with E-state index in [9.17, 15) is 0 Å². The molecule has 1 heterocycles. The predicted octanol–water partition coefficient (Wildman–Crippen LogP) is 4.23. The fraction of sp³-hybridized carbons (Fsp3) is 0.286. The molecule has 0 fully saturated rings. The highest BCUT2D eigenvalue weighted by Gasteiger charge is 2.10. The fourth-order valence-electron chi connectivity index (χ4n) is 1.93. The predicted molar refractivity (Wildman–Crippen MR) is 89.3 cm³/mol. The lowest BCUT2D eigenvalue weighted by molar-refractivity contribution is 0.267. The molecule has 102 valence electrons. The van der Waals surface area contributed by atoms with Crippen LogP contribution in [-0.2, 0) is 13.1 Å². The second-order valence-corrected chi connectivity index (χ2v) is 7.63. The van der Waals surface area contributed by atoms with Gasteiger partial charge in [-0.05, 0) is 43.5 Å². The Balaban J connectivity index is 2.03. The minimum Gasteiger partial charge on any atom is -0.329 e. The average molecular weight is 404 g/mol. The van der Waals surface area contributed by atoms with Crippen molar-refractivity contribution in [3.63, 3.8) is 0 Å². The average Bonchev–Trinajstić information content (AvgIpc) is 2.70. The van der Waals surface area contributed by atoms with Crippen molar-refractivity contribution in [2.75, 3.05) is 13.1 Å². The third-order valence-electron chi connectivity index (χ3n) is 2.77. The van der Waals surface area contributed by atoms with Gasteiger partial charge in [0, 0.05) is 35.5 Å². The lowest BCUT2D eigenvalue weighted by atomic mass is 10.2. The van der Waals surface area contributed by atoms with Crippen molar-refractivity contribution in [2.45, 2.75) is 13.1 Å². The van der Waals surface area contributed by atoms with E-state index >= 15 is 0 Å². The summed E-state index contributed by atoms with van der Waals surface area (Å²) in [4.78, 5) is 3.71. The van der Waals surface area contributed by atoms with Gasteiger partial charge >= 0.3 is 0 Å². The molecule has 2 rings (SSSR count). The molecule has 0 bridgehead atoms. The Morgan fingerprint density at radius 1 is 1.11 bits per heavy atom. The lowest BCUT2D eigenvalue weighted by Gasteiger charge is -2.20. The van der Waals surface area contributed by atoms with Crippen molar-refractivity contribution in [2.24, 2.45) is 5.73 Å². The molecule has 0 amide bonds. The van der Waals surface area contributed by atoms with Crippen molar-refractivity contribution in [1.82, 2.24) is 4.90 Å². The minimum absolute atomic E-state index is 0.681. The van der Waals surface area contributed by atoms with Crippen molar-refractivity contribution in [3.8, 4) is 0 Å². The van der Waals surface area contributed by atoms with Gasteiger partial charge in [-0.25, -0.2) is 0 Å². The summed E-state index contributed by atoms with van der Waals surface area (Å²) in [6.45, 7) is 3.45. The van der Waals surface area contributed by atoms with E-state index in [0.717, 1.165) is 27.9 Å². The topological polar surface area (TPSA) is 29.3 Å². The van der Waals surface area contributed by atoms with Crippen LogP contribution in [0.1, 0.15) is 10.4 Å². The molecule has 2 aromatic rings. The monoisotopic (exact) mass is 402 g/mol. The maximum atomic E-state index is 5.72. The number of hydrogen-bond donors (Lipinski definition) is 1. The molecule has 0 aliphatic carbocycles. The molecule has 0 radical (unpaired) electrons. The standard InChI is InChI=1S/C14H16Br2N2S/c15-13-8-12(19-14(13)16)10-18(7-6-17)9-11-4-2-1-3-5-11/h1-5,8H,6-7,9-10,17H2. The zero-order chi connectivity index (χ0) is 13.7. The van der Waals surface area contributed by atoms with Gasteiger partial charge in [0.05, 0.1) is 3.79 Å². The van der Waals surface area contributed by atoms with Gasteiger partial charge < -0.3 is 5.73 Å². The Hall–Kier alpha value is -0.200.